The van der Waals surface area contributed by atoms with E-state index in [1.807, 2.05) is 17.0 Å². The normalized spacial score (nSPS) is 14.9. The maximum Gasteiger partial charge on any atom is 0.273 e. The molecule has 4 rings (SSSR count). The number of rotatable bonds is 9. The molecule has 2 aromatic carbocycles. The van der Waals surface area contributed by atoms with Crippen molar-refractivity contribution < 1.29 is 18.7 Å². The molecule has 0 spiro atoms. The Bertz CT molecular complexity index is 1230. The number of amides is 2. The van der Waals surface area contributed by atoms with Gasteiger partial charge in [0.1, 0.15) is 12.0 Å². The Hall–Kier alpha value is -3.87. The molecule has 2 amide bonds. The van der Waals surface area contributed by atoms with Crippen LogP contribution in [0.15, 0.2) is 65.8 Å². The maximum atomic E-state index is 13.2. The third-order valence-electron chi connectivity index (χ3n) is 6.20. The molecule has 188 valence electrons. The minimum absolute atomic E-state index is 0.0821. The summed E-state index contributed by atoms with van der Waals surface area (Å²) in [5, 5.41) is 2.67. The molecule has 0 unspecified atom stereocenters. The number of aryl methyl sites for hydroxylation is 1. The Balaban J connectivity index is 1.57. The van der Waals surface area contributed by atoms with E-state index in [4.69, 9.17) is 9.15 Å². The van der Waals surface area contributed by atoms with Gasteiger partial charge < -0.3 is 19.4 Å². The number of carbonyl (C=O) groups excluding carboxylic acids is 2. The highest BCUT2D eigenvalue weighted by molar-refractivity contribution is 5.91. The van der Waals surface area contributed by atoms with Crippen molar-refractivity contribution in [3.8, 4) is 5.75 Å². The second-order valence-electron chi connectivity index (χ2n) is 9.52. The van der Waals surface area contributed by atoms with Crippen molar-refractivity contribution in [2.24, 2.45) is 5.92 Å². The number of hydrogen-bond donors (Lipinski definition) is 1. The highest BCUT2D eigenvalue weighted by Gasteiger charge is 2.32. The van der Waals surface area contributed by atoms with Gasteiger partial charge in [0.25, 0.3) is 5.91 Å². The molecular weight excluding hydrogens is 454 g/mol. The number of oxazole rings is 1. The summed E-state index contributed by atoms with van der Waals surface area (Å²) in [7, 11) is 0. The number of fused-ring (bicyclic) bond motifs is 1. The molecule has 0 saturated heterocycles. The molecule has 2 heterocycles. The van der Waals surface area contributed by atoms with E-state index in [2.05, 4.69) is 68.0 Å². The molecule has 1 atom stereocenters. The van der Waals surface area contributed by atoms with Crippen LogP contribution in [0.3, 0.4) is 0 Å². The first kappa shape index (κ1) is 25.2. The quantitative estimate of drug-likeness (QED) is 0.430. The van der Waals surface area contributed by atoms with Crippen molar-refractivity contribution in [1.82, 2.24) is 15.2 Å². The first-order chi connectivity index (χ1) is 17.4. The van der Waals surface area contributed by atoms with E-state index >= 15 is 0 Å². The number of ether oxygens (including phenoxy) is 1. The largest absolute Gasteiger partial charge is 0.484 e. The van der Waals surface area contributed by atoms with E-state index in [9.17, 15) is 9.59 Å². The van der Waals surface area contributed by atoms with E-state index in [1.54, 1.807) is 6.08 Å². The van der Waals surface area contributed by atoms with E-state index in [0.717, 1.165) is 17.5 Å². The molecule has 0 saturated carbocycles. The van der Waals surface area contributed by atoms with E-state index in [0.29, 0.717) is 31.2 Å². The summed E-state index contributed by atoms with van der Waals surface area (Å²) in [5.74, 6) is 1.08. The molecule has 1 aliphatic heterocycles. The molecule has 0 radical (unpaired) electrons. The Morgan fingerprint density at radius 1 is 1.25 bits per heavy atom. The highest BCUT2D eigenvalue weighted by atomic mass is 16.5. The standard InChI is InChI=1S/C29H33N3O4/c1-5-13-30-29(34)25-17-36-26(31-25)18-35-23-11-10-21-12-14-32(27(33)15-19(2)3)28(24(21)16-23)22-8-6-20(4)7-9-22/h5-11,16-17,19,28H,1,12-15,18H2,2-4H3,(H,30,34)/t28-/m0/s1. The van der Waals surface area contributed by atoms with Crippen molar-refractivity contribution >= 4 is 11.8 Å². The Morgan fingerprint density at radius 3 is 2.75 bits per heavy atom. The average Bonchev–Trinajstić information content (AvgIpc) is 3.34. The van der Waals surface area contributed by atoms with Crippen molar-refractivity contribution in [3.63, 3.8) is 0 Å². The van der Waals surface area contributed by atoms with Crippen molar-refractivity contribution in [2.45, 2.75) is 46.3 Å². The van der Waals surface area contributed by atoms with Crippen molar-refractivity contribution in [1.29, 1.82) is 0 Å². The summed E-state index contributed by atoms with van der Waals surface area (Å²) in [6.07, 6.45) is 4.22. The summed E-state index contributed by atoms with van der Waals surface area (Å²) in [5.41, 5.74) is 4.73. The number of carbonyl (C=O) groups is 2. The highest BCUT2D eigenvalue weighted by Crippen LogP contribution is 2.38. The summed E-state index contributed by atoms with van der Waals surface area (Å²) in [6, 6.07) is 14.2. The van der Waals surface area contributed by atoms with Crippen LogP contribution in [0.1, 0.15) is 64.9 Å². The topological polar surface area (TPSA) is 84.7 Å². The number of benzene rings is 2. The minimum Gasteiger partial charge on any atom is -0.484 e. The van der Waals surface area contributed by atoms with Crippen molar-refractivity contribution in [2.75, 3.05) is 13.1 Å². The van der Waals surface area contributed by atoms with Gasteiger partial charge in [-0.05, 0) is 48.1 Å². The lowest BCUT2D eigenvalue weighted by Gasteiger charge is -2.38. The Morgan fingerprint density at radius 2 is 2.03 bits per heavy atom. The predicted octanol–water partition coefficient (Wildman–Crippen LogP) is 5.00. The first-order valence-corrected chi connectivity index (χ1v) is 12.3. The van der Waals surface area contributed by atoms with E-state index in [1.165, 1.54) is 17.4 Å². The van der Waals surface area contributed by atoms with Crippen LogP contribution in [0.5, 0.6) is 5.75 Å². The summed E-state index contributed by atoms with van der Waals surface area (Å²) in [4.78, 5) is 31.5. The molecule has 7 heteroatoms. The van der Waals surface area contributed by atoms with Crippen molar-refractivity contribution in [3.05, 3.63) is 95.2 Å². The molecule has 36 heavy (non-hydrogen) atoms. The number of aromatic nitrogens is 1. The van der Waals surface area contributed by atoms with Crippen LogP contribution >= 0.6 is 0 Å². The average molecular weight is 488 g/mol. The van der Waals surface area contributed by atoms with Gasteiger partial charge in [-0.2, -0.15) is 0 Å². The van der Waals surface area contributed by atoms with Gasteiger partial charge in [0.15, 0.2) is 12.3 Å². The van der Waals surface area contributed by atoms with Gasteiger partial charge in [-0.15, -0.1) is 6.58 Å². The molecule has 0 bridgehead atoms. The van der Waals surface area contributed by atoms with Crippen LogP contribution in [-0.2, 0) is 17.8 Å². The summed E-state index contributed by atoms with van der Waals surface area (Å²) < 4.78 is 11.4. The number of nitrogens with one attached hydrogen (secondary N) is 1. The molecule has 1 aliphatic rings. The van der Waals surface area contributed by atoms with Crippen LogP contribution in [0.25, 0.3) is 0 Å². The lowest BCUT2D eigenvalue weighted by Crippen LogP contribution is -2.41. The van der Waals surface area contributed by atoms with Gasteiger partial charge in [-0.3, -0.25) is 9.59 Å². The SMILES string of the molecule is C=CCNC(=O)c1coc(COc2ccc3c(c2)[C@H](c2ccc(C)cc2)N(C(=O)CC(C)C)CC3)n1. The zero-order chi connectivity index (χ0) is 25.7. The summed E-state index contributed by atoms with van der Waals surface area (Å²) >= 11 is 0. The smallest absolute Gasteiger partial charge is 0.273 e. The zero-order valence-electron chi connectivity index (χ0n) is 21.1. The Kier molecular flexibility index (Phi) is 7.88. The molecule has 0 aliphatic carbocycles. The third kappa shape index (κ3) is 5.85. The maximum absolute atomic E-state index is 13.2. The molecule has 0 fully saturated rings. The fraction of sp³-hybridized carbons (Fsp3) is 0.345. The van der Waals surface area contributed by atoms with Crippen LogP contribution < -0.4 is 10.1 Å². The van der Waals surface area contributed by atoms with Crippen LogP contribution in [0.2, 0.25) is 0 Å². The zero-order valence-corrected chi connectivity index (χ0v) is 21.1. The first-order valence-electron chi connectivity index (χ1n) is 12.3. The van der Waals surface area contributed by atoms with Crippen LogP contribution in [0.4, 0.5) is 0 Å². The lowest BCUT2D eigenvalue weighted by molar-refractivity contribution is -0.134. The second kappa shape index (κ2) is 11.2. The molecule has 1 aromatic heterocycles. The van der Waals surface area contributed by atoms with E-state index < -0.39 is 0 Å². The van der Waals surface area contributed by atoms with Gasteiger partial charge in [-0.25, -0.2) is 4.98 Å². The van der Waals surface area contributed by atoms with Gasteiger partial charge in [0, 0.05) is 19.5 Å². The minimum atomic E-state index is -0.328. The fourth-order valence-electron chi connectivity index (χ4n) is 4.41. The molecule has 3 aromatic rings. The lowest BCUT2D eigenvalue weighted by atomic mass is 9.87. The van der Waals surface area contributed by atoms with Gasteiger partial charge in [0.2, 0.25) is 11.8 Å². The predicted molar refractivity (Wildman–Crippen MR) is 138 cm³/mol. The van der Waals surface area contributed by atoms with Gasteiger partial charge >= 0.3 is 0 Å². The number of nitrogens with zero attached hydrogens (tertiary/aromatic N) is 2. The van der Waals surface area contributed by atoms with Gasteiger partial charge in [-0.1, -0.05) is 55.8 Å². The van der Waals surface area contributed by atoms with Crippen LogP contribution in [-0.4, -0.2) is 34.8 Å². The molecular formula is C29H33N3O4. The summed E-state index contributed by atoms with van der Waals surface area (Å²) in [6.45, 7) is 10.9. The number of hydrogen-bond acceptors (Lipinski definition) is 5. The Labute approximate surface area is 212 Å². The molecule has 7 nitrogen and oxygen atoms in total. The van der Waals surface area contributed by atoms with Crippen LogP contribution in [0, 0.1) is 12.8 Å². The second-order valence-corrected chi connectivity index (χ2v) is 9.52. The van der Waals surface area contributed by atoms with Gasteiger partial charge in [0.05, 0.1) is 6.04 Å². The third-order valence-corrected chi connectivity index (χ3v) is 6.20. The fourth-order valence-corrected chi connectivity index (χ4v) is 4.41. The van der Waals surface area contributed by atoms with E-state index in [-0.39, 0.29) is 36.1 Å². The molecule has 1 N–H and O–H groups in total. The monoisotopic (exact) mass is 487 g/mol.